The monoisotopic (exact) mass is 192 g/mol. The standard InChI is InChI=1S/C11H12OS/c12-11-3-1-2-9-6-8(7-13)4-5-10(9)11/h4-6,13H,1-3,7H2. The second-order valence-electron chi connectivity index (χ2n) is 3.43. The molecule has 0 aliphatic heterocycles. The maximum Gasteiger partial charge on any atom is 0.163 e. The molecule has 68 valence electrons. The van der Waals surface area contributed by atoms with Crippen LogP contribution in [-0.4, -0.2) is 5.78 Å². The molecule has 1 aliphatic rings. The van der Waals surface area contributed by atoms with Gasteiger partial charge in [0.1, 0.15) is 0 Å². The van der Waals surface area contributed by atoms with Crippen LogP contribution in [0.5, 0.6) is 0 Å². The number of Topliss-reactive ketones (excluding diaryl/α,β-unsaturated/α-hetero) is 1. The van der Waals surface area contributed by atoms with Crippen LogP contribution in [0.25, 0.3) is 0 Å². The number of thiol groups is 1. The molecule has 0 unspecified atom stereocenters. The molecule has 0 saturated carbocycles. The third kappa shape index (κ3) is 1.63. The van der Waals surface area contributed by atoms with Gasteiger partial charge in [0.2, 0.25) is 0 Å². The highest BCUT2D eigenvalue weighted by Gasteiger charge is 2.16. The molecule has 0 N–H and O–H groups in total. The molecule has 2 heteroatoms. The number of hydrogen-bond donors (Lipinski definition) is 1. The lowest BCUT2D eigenvalue weighted by Gasteiger charge is -2.14. The van der Waals surface area contributed by atoms with E-state index in [1.54, 1.807) is 0 Å². The fourth-order valence-electron chi connectivity index (χ4n) is 1.80. The summed E-state index contributed by atoms with van der Waals surface area (Å²) in [7, 11) is 0. The first-order valence-corrected chi connectivity index (χ1v) is 5.20. The van der Waals surface area contributed by atoms with E-state index < -0.39 is 0 Å². The fraction of sp³-hybridized carbons (Fsp3) is 0.364. The van der Waals surface area contributed by atoms with Gasteiger partial charge in [-0.1, -0.05) is 18.2 Å². The van der Waals surface area contributed by atoms with Gasteiger partial charge in [0.05, 0.1) is 0 Å². The molecule has 1 aromatic carbocycles. The Kier molecular flexibility index (Phi) is 2.40. The Balaban J connectivity index is 2.45. The number of hydrogen-bond acceptors (Lipinski definition) is 2. The van der Waals surface area contributed by atoms with Crippen LogP contribution in [0.4, 0.5) is 0 Å². The highest BCUT2D eigenvalue weighted by Crippen LogP contribution is 2.22. The number of carbonyl (C=O) groups excluding carboxylic acids is 1. The Morgan fingerprint density at radius 1 is 1.31 bits per heavy atom. The molecule has 0 bridgehead atoms. The van der Waals surface area contributed by atoms with Crippen molar-refractivity contribution in [2.45, 2.75) is 25.0 Å². The third-order valence-corrected chi connectivity index (χ3v) is 2.87. The van der Waals surface area contributed by atoms with E-state index >= 15 is 0 Å². The maximum absolute atomic E-state index is 11.5. The van der Waals surface area contributed by atoms with Crippen LogP contribution in [0, 0.1) is 0 Å². The summed E-state index contributed by atoms with van der Waals surface area (Å²) in [5, 5.41) is 0. The first-order valence-electron chi connectivity index (χ1n) is 4.57. The smallest absolute Gasteiger partial charge is 0.163 e. The predicted molar refractivity (Wildman–Crippen MR) is 56.4 cm³/mol. The first-order chi connectivity index (χ1) is 6.31. The van der Waals surface area contributed by atoms with Crippen LogP contribution in [0.3, 0.4) is 0 Å². The van der Waals surface area contributed by atoms with Crippen LogP contribution in [-0.2, 0) is 12.2 Å². The number of carbonyl (C=O) groups is 1. The summed E-state index contributed by atoms with van der Waals surface area (Å²) in [6.07, 6.45) is 2.76. The Labute approximate surface area is 83.6 Å². The van der Waals surface area contributed by atoms with Crippen LogP contribution in [0.1, 0.15) is 34.3 Å². The summed E-state index contributed by atoms with van der Waals surface area (Å²) in [5.41, 5.74) is 3.34. The van der Waals surface area contributed by atoms with Gasteiger partial charge in [0.25, 0.3) is 0 Å². The van der Waals surface area contributed by atoms with Crippen molar-refractivity contribution in [3.8, 4) is 0 Å². The Morgan fingerprint density at radius 3 is 2.92 bits per heavy atom. The largest absolute Gasteiger partial charge is 0.294 e. The Morgan fingerprint density at radius 2 is 2.15 bits per heavy atom. The molecule has 1 aromatic rings. The van der Waals surface area contributed by atoms with Gasteiger partial charge < -0.3 is 0 Å². The summed E-state index contributed by atoms with van der Waals surface area (Å²) >= 11 is 4.22. The number of benzene rings is 1. The molecule has 0 amide bonds. The molecule has 0 spiro atoms. The highest BCUT2D eigenvalue weighted by atomic mass is 32.1. The van der Waals surface area contributed by atoms with Crippen LogP contribution < -0.4 is 0 Å². The summed E-state index contributed by atoms with van der Waals surface area (Å²) in [4.78, 5) is 11.5. The summed E-state index contributed by atoms with van der Waals surface area (Å²) in [6.45, 7) is 0. The minimum Gasteiger partial charge on any atom is -0.294 e. The van der Waals surface area contributed by atoms with Gasteiger partial charge in [-0.3, -0.25) is 4.79 Å². The Hall–Kier alpha value is -0.760. The summed E-state index contributed by atoms with van der Waals surface area (Å²) in [5.74, 6) is 1.05. The van der Waals surface area contributed by atoms with Gasteiger partial charge in [-0.25, -0.2) is 0 Å². The molecule has 13 heavy (non-hydrogen) atoms. The Bertz CT molecular complexity index is 344. The fourth-order valence-corrected chi connectivity index (χ4v) is 2.00. The molecule has 0 aromatic heterocycles. The molecule has 1 nitrogen and oxygen atoms in total. The SMILES string of the molecule is O=C1CCCc2cc(CS)ccc21. The third-order valence-electron chi connectivity index (χ3n) is 2.50. The number of rotatable bonds is 1. The first kappa shape index (κ1) is 8.82. The quantitative estimate of drug-likeness (QED) is 0.677. The van der Waals surface area contributed by atoms with Crippen molar-refractivity contribution >= 4 is 18.4 Å². The van der Waals surface area contributed by atoms with Crippen molar-refractivity contribution in [2.75, 3.05) is 0 Å². The van der Waals surface area contributed by atoms with E-state index in [1.807, 2.05) is 12.1 Å². The van der Waals surface area contributed by atoms with Gasteiger partial charge in [-0.05, 0) is 24.0 Å². The van der Waals surface area contributed by atoms with Gasteiger partial charge in [-0.15, -0.1) is 0 Å². The van der Waals surface area contributed by atoms with Crippen LogP contribution in [0.15, 0.2) is 18.2 Å². The van der Waals surface area contributed by atoms with E-state index in [4.69, 9.17) is 0 Å². The van der Waals surface area contributed by atoms with Gasteiger partial charge in [-0.2, -0.15) is 12.6 Å². The van der Waals surface area contributed by atoms with E-state index in [-0.39, 0.29) is 0 Å². The molecule has 0 heterocycles. The lowest BCUT2D eigenvalue weighted by atomic mass is 9.90. The lowest BCUT2D eigenvalue weighted by Crippen LogP contribution is -2.10. The van der Waals surface area contributed by atoms with Crippen molar-refractivity contribution in [2.24, 2.45) is 0 Å². The maximum atomic E-state index is 11.5. The number of fused-ring (bicyclic) bond motifs is 1. The van der Waals surface area contributed by atoms with E-state index in [2.05, 4.69) is 18.7 Å². The van der Waals surface area contributed by atoms with Crippen molar-refractivity contribution in [3.05, 3.63) is 34.9 Å². The lowest BCUT2D eigenvalue weighted by molar-refractivity contribution is 0.0972. The van der Waals surface area contributed by atoms with E-state index in [0.717, 1.165) is 24.2 Å². The van der Waals surface area contributed by atoms with Crippen LogP contribution in [0.2, 0.25) is 0 Å². The number of aryl methyl sites for hydroxylation is 1. The minimum atomic E-state index is 0.298. The molecule has 0 atom stereocenters. The molecule has 0 radical (unpaired) electrons. The van der Waals surface area contributed by atoms with Crippen molar-refractivity contribution in [1.29, 1.82) is 0 Å². The average Bonchev–Trinajstić information content (AvgIpc) is 2.18. The summed E-state index contributed by atoms with van der Waals surface area (Å²) in [6, 6.07) is 6.05. The highest BCUT2D eigenvalue weighted by molar-refractivity contribution is 7.79. The molecule has 0 fully saturated rings. The topological polar surface area (TPSA) is 17.1 Å². The van der Waals surface area contributed by atoms with Crippen LogP contribution >= 0.6 is 12.6 Å². The van der Waals surface area contributed by atoms with Crippen molar-refractivity contribution in [1.82, 2.24) is 0 Å². The molecule has 0 saturated heterocycles. The predicted octanol–water partition coefficient (Wildman–Crippen LogP) is 2.64. The zero-order valence-electron chi connectivity index (χ0n) is 7.42. The molecular formula is C11H12OS. The van der Waals surface area contributed by atoms with Crippen molar-refractivity contribution < 1.29 is 4.79 Å². The molecule has 2 rings (SSSR count). The van der Waals surface area contributed by atoms with E-state index in [1.165, 1.54) is 11.1 Å². The average molecular weight is 192 g/mol. The van der Waals surface area contributed by atoms with Crippen molar-refractivity contribution in [3.63, 3.8) is 0 Å². The van der Waals surface area contributed by atoms with E-state index in [0.29, 0.717) is 12.2 Å². The number of ketones is 1. The van der Waals surface area contributed by atoms with E-state index in [9.17, 15) is 4.79 Å². The molecule has 1 aliphatic carbocycles. The normalized spacial score (nSPS) is 15.6. The van der Waals surface area contributed by atoms with Gasteiger partial charge in [0, 0.05) is 17.7 Å². The van der Waals surface area contributed by atoms with Gasteiger partial charge >= 0.3 is 0 Å². The zero-order chi connectivity index (χ0) is 9.26. The second-order valence-corrected chi connectivity index (χ2v) is 3.74. The zero-order valence-corrected chi connectivity index (χ0v) is 8.31. The molecular weight excluding hydrogens is 180 g/mol. The summed E-state index contributed by atoms with van der Waals surface area (Å²) < 4.78 is 0. The minimum absolute atomic E-state index is 0.298. The second kappa shape index (κ2) is 3.54. The van der Waals surface area contributed by atoms with Gasteiger partial charge in [0.15, 0.2) is 5.78 Å².